The summed E-state index contributed by atoms with van der Waals surface area (Å²) in [7, 11) is 0. The highest BCUT2D eigenvalue weighted by Crippen LogP contribution is 2.29. The van der Waals surface area contributed by atoms with E-state index in [0.29, 0.717) is 12.5 Å². The molecule has 5 heteroatoms. The minimum atomic E-state index is -0.480. The number of carbonyl (C=O) groups is 1. The zero-order valence-electron chi connectivity index (χ0n) is 14.2. The third kappa shape index (κ3) is 4.59. The van der Waals surface area contributed by atoms with E-state index in [9.17, 15) is 10.1 Å². The molecule has 0 aliphatic rings. The summed E-state index contributed by atoms with van der Waals surface area (Å²) < 4.78 is 11.0. The van der Waals surface area contributed by atoms with Gasteiger partial charge in [0, 0.05) is 0 Å². The van der Waals surface area contributed by atoms with Gasteiger partial charge < -0.3 is 9.47 Å². The van der Waals surface area contributed by atoms with Crippen LogP contribution in [0, 0.1) is 28.6 Å². The second-order valence-electron chi connectivity index (χ2n) is 5.82. The number of para-hydroxylation sites is 1. The Hall–Kier alpha value is -3.31. The number of benzene rings is 2. The lowest BCUT2D eigenvalue weighted by Crippen LogP contribution is -2.09. The molecule has 0 radical (unpaired) electrons. The van der Waals surface area contributed by atoms with Crippen LogP contribution in [-0.4, -0.2) is 12.6 Å². The number of nitriles is 2. The minimum absolute atomic E-state index is 0.132. The van der Waals surface area contributed by atoms with Crippen molar-refractivity contribution in [3.63, 3.8) is 0 Å². The number of ether oxygens (including phenoxy) is 2. The molecule has 0 bridgehead atoms. The van der Waals surface area contributed by atoms with Gasteiger partial charge >= 0.3 is 5.97 Å². The Kier molecular flexibility index (Phi) is 6.14. The maximum atomic E-state index is 12.3. The van der Waals surface area contributed by atoms with E-state index in [1.807, 2.05) is 12.1 Å². The molecule has 5 nitrogen and oxygen atoms in total. The van der Waals surface area contributed by atoms with Gasteiger partial charge in [0.25, 0.3) is 0 Å². The Bertz CT molecular complexity index is 845. The number of nitrogens with zero attached hydrogens (tertiary/aromatic N) is 2. The van der Waals surface area contributed by atoms with E-state index in [1.165, 1.54) is 6.07 Å². The third-order valence-corrected chi connectivity index (χ3v) is 3.51. The van der Waals surface area contributed by atoms with Crippen LogP contribution in [0.5, 0.6) is 11.5 Å². The predicted octanol–water partition coefficient (Wildman–Crippen LogP) is 4.43. The molecule has 126 valence electrons. The standard InChI is InChI=1S/C20H18N2O3/c1-14(2)10-11-24-20(23)16-7-3-4-8-18(16)25-19-9-5-6-15(12-21)17(19)13-22/h3-9,14H,10-11H2,1-2H3. The fraction of sp³-hybridized carbons (Fsp3) is 0.250. The average molecular weight is 334 g/mol. The molecule has 0 N–H and O–H groups in total. The van der Waals surface area contributed by atoms with Gasteiger partial charge in [0.1, 0.15) is 34.8 Å². The lowest BCUT2D eigenvalue weighted by molar-refractivity contribution is 0.0485. The molecule has 0 unspecified atom stereocenters. The molecule has 0 atom stereocenters. The van der Waals surface area contributed by atoms with Crippen LogP contribution in [-0.2, 0) is 4.74 Å². The van der Waals surface area contributed by atoms with Crippen LogP contribution in [0.1, 0.15) is 41.8 Å². The van der Waals surface area contributed by atoms with E-state index in [1.54, 1.807) is 36.4 Å². The fourth-order valence-electron chi connectivity index (χ4n) is 2.13. The van der Waals surface area contributed by atoms with Crippen molar-refractivity contribution >= 4 is 5.97 Å². The quantitative estimate of drug-likeness (QED) is 0.730. The molecule has 2 rings (SSSR count). The van der Waals surface area contributed by atoms with Crippen molar-refractivity contribution in [2.75, 3.05) is 6.61 Å². The Morgan fingerprint density at radius 2 is 1.76 bits per heavy atom. The first-order valence-electron chi connectivity index (χ1n) is 7.94. The van der Waals surface area contributed by atoms with Crippen molar-refractivity contribution in [1.29, 1.82) is 10.5 Å². The Morgan fingerprint density at radius 1 is 1.04 bits per heavy atom. The van der Waals surface area contributed by atoms with Gasteiger partial charge in [-0.2, -0.15) is 10.5 Å². The molecule has 25 heavy (non-hydrogen) atoms. The van der Waals surface area contributed by atoms with Gasteiger partial charge in [-0.3, -0.25) is 0 Å². The molecule has 0 amide bonds. The van der Waals surface area contributed by atoms with E-state index < -0.39 is 5.97 Å². The minimum Gasteiger partial charge on any atom is -0.462 e. The zero-order valence-corrected chi connectivity index (χ0v) is 14.2. The first-order valence-corrected chi connectivity index (χ1v) is 7.94. The van der Waals surface area contributed by atoms with E-state index in [4.69, 9.17) is 14.7 Å². The van der Waals surface area contributed by atoms with E-state index >= 15 is 0 Å². The van der Waals surface area contributed by atoms with Crippen LogP contribution in [0.25, 0.3) is 0 Å². The van der Waals surface area contributed by atoms with Crippen molar-refractivity contribution in [2.24, 2.45) is 5.92 Å². The summed E-state index contributed by atoms with van der Waals surface area (Å²) in [5.74, 6) is 0.463. The highest BCUT2D eigenvalue weighted by Gasteiger charge is 2.17. The van der Waals surface area contributed by atoms with Gasteiger partial charge in [0.05, 0.1) is 12.2 Å². The molecule has 0 fully saturated rings. The van der Waals surface area contributed by atoms with Crippen LogP contribution in [0.4, 0.5) is 0 Å². The van der Waals surface area contributed by atoms with Crippen molar-refractivity contribution < 1.29 is 14.3 Å². The molecular weight excluding hydrogens is 316 g/mol. The van der Waals surface area contributed by atoms with Gasteiger partial charge in [-0.05, 0) is 36.6 Å². The van der Waals surface area contributed by atoms with Crippen molar-refractivity contribution in [1.82, 2.24) is 0 Å². The summed E-state index contributed by atoms with van der Waals surface area (Å²) in [6.45, 7) is 4.44. The van der Waals surface area contributed by atoms with Gasteiger partial charge in [-0.25, -0.2) is 4.79 Å². The second kappa shape index (κ2) is 8.52. The predicted molar refractivity (Wildman–Crippen MR) is 92.1 cm³/mol. The fourth-order valence-corrected chi connectivity index (χ4v) is 2.13. The highest BCUT2D eigenvalue weighted by molar-refractivity contribution is 5.92. The normalized spacial score (nSPS) is 9.96. The number of hydrogen-bond donors (Lipinski definition) is 0. The van der Waals surface area contributed by atoms with Gasteiger partial charge in [-0.1, -0.05) is 32.0 Å². The average Bonchev–Trinajstić information content (AvgIpc) is 2.61. The lowest BCUT2D eigenvalue weighted by atomic mass is 10.1. The summed E-state index contributed by atoms with van der Waals surface area (Å²) >= 11 is 0. The van der Waals surface area contributed by atoms with Crippen molar-refractivity contribution in [3.05, 3.63) is 59.2 Å². The smallest absolute Gasteiger partial charge is 0.341 e. The molecular formula is C20H18N2O3. The number of rotatable bonds is 6. The van der Waals surface area contributed by atoms with Gasteiger partial charge in [0.15, 0.2) is 0 Å². The molecule has 2 aromatic rings. The van der Waals surface area contributed by atoms with E-state index in [-0.39, 0.29) is 28.2 Å². The Labute approximate surface area is 147 Å². The summed E-state index contributed by atoms with van der Waals surface area (Å²) in [5.41, 5.74) is 0.627. The number of carbonyl (C=O) groups excluding carboxylic acids is 1. The van der Waals surface area contributed by atoms with Crippen LogP contribution < -0.4 is 4.74 Å². The third-order valence-electron chi connectivity index (χ3n) is 3.51. The SMILES string of the molecule is CC(C)CCOC(=O)c1ccccc1Oc1cccc(C#N)c1C#N. The van der Waals surface area contributed by atoms with Crippen LogP contribution >= 0.6 is 0 Å². The van der Waals surface area contributed by atoms with Crippen molar-refractivity contribution in [3.8, 4) is 23.6 Å². The molecule has 0 aromatic heterocycles. The lowest BCUT2D eigenvalue weighted by Gasteiger charge is -2.12. The molecule has 0 saturated heterocycles. The summed E-state index contributed by atoms with van der Waals surface area (Å²) in [6, 6.07) is 15.3. The van der Waals surface area contributed by atoms with Crippen LogP contribution in [0.15, 0.2) is 42.5 Å². The summed E-state index contributed by atoms with van der Waals surface area (Å²) in [5, 5.41) is 18.4. The van der Waals surface area contributed by atoms with Crippen LogP contribution in [0.2, 0.25) is 0 Å². The first kappa shape index (κ1) is 18.0. The first-order chi connectivity index (χ1) is 12.1. The number of esters is 1. The second-order valence-corrected chi connectivity index (χ2v) is 5.82. The topological polar surface area (TPSA) is 83.1 Å². The monoisotopic (exact) mass is 334 g/mol. The van der Waals surface area contributed by atoms with E-state index in [2.05, 4.69) is 13.8 Å². The zero-order chi connectivity index (χ0) is 18.2. The van der Waals surface area contributed by atoms with Crippen LogP contribution in [0.3, 0.4) is 0 Å². The van der Waals surface area contributed by atoms with Gasteiger partial charge in [0.2, 0.25) is 0 Å². The molecule has 0 heterocycles. The number of hydrogen-bond acceptors (Lipinski definition) is 5. The molecule has 0 saturated carbocycles. The highest BCUT2D eigenvalue weighted by atomic mass is 16.5. The largest absolute Gasteiger partial charge is 0.462 e. The molecule has 0 aliphatic heterocycles. The van der Waals surface area contributed by atoms with Gasteiger partial charge in [-0.15, -0.1) is 0 Å². The Morgan fingerprint density at radius 3 is 2.44 bits per heavy atom. The maximum Gasteiger partial charge on any atom is 0.341 e. The summed E-state index contributed by atoms with van der Waals surface area (Å²) in [4.78, 5) is 12.3. The molecule has 0 aliphatic carbocycles. The van der Waals surface area contributed by atoms with E-state index in [0.717, 1.165) is 6.42 Å². The summed E-state index contributed by atoms with van der Waals surface area (Å²) in [6.07, 6.45) is 0.775. The molecule has 2 aromatic carbocycles. The van der Waals surface area contributed by atoms with Crippen molar-refractivity contribution in [2.45, 2.75) is 20.3 Å². The molecule has 0 spiro atoms. The Balaban J connectivity index is 2.26. The maximum absolute atomic E-state index is 12.3.